The van der Waals surface area contributed by atoms with Crippen LogP contribution >= 0.6 is 11.3 Å². The van der Waals surface area contributed by atoms with Crippen molar-refractivity contribution in [3.8, 4) is 0 Å². The number of carbonyl (C=O) groups is 2. The third kappa shape index (κ3) is 4.14. The van der Waals surface area contributed by atoms with E-state index in [2.05, 4.69) is 54.5 Å². The Morgan fingerprint density at radius 3 is 2.31 bits per heavy atom. The molecule has 4 aliphatic carbocycles. The molecule has 2 aromatic rings. The molecule has 1 aromatic carbocycles. The molecule has 1 unspecified atom stereocenters. The minimum atomic E-state index is -0.191. The van der Waals surface area contributed by atoms with Crippen LogP contribution in [-0.2, 0) is 16.0 Å². The van der Waals surface area contributed by atoms with Crippen molar-refractivity contribution in [2.45, 2.75) is 71.3 Å². The molecule has 0 N–H and O–H groups in total. The predicted octanol–water partition coefficient (Wildman–Crippen LogP) is 5.99. The molecule has 7 rings (SSSR count). The van der Waals surface area contributed by atoms with Gasteiger partial charge in [0.15, 0.2) is 0 Å². The summed E-state index contributed by atoms with van der Waals surface area (Å²) in [6.07, 6.45) is 8.94. The number of thiophene rings is 1. The summed E-state index contributed by atoms with van der Waals surface area (Å²) in [5, 5.41) is 2.15. The maximum atomic E-state index is 14.1. The van der Waals surface area contributed by atoms with Crippen LogP contribution in [0.1, 0.15) is 79.5 Å². The van der Waals surface area contributed by atoms with Crippen LogP contribution in [0.2, 0.25) is 0 Å². The van der Waals surface area contributed by atoms with E-state index in [-0.39, 0.29) is 29.8 Å². The summed E-state index contributed by atoms with van der Waals surface area (Å²) in [4.78, 5) is 33.4. The van der Waals surface area contributed by atoms with Gasteiger partial charge in [0.05, 0.1) is 18.0 Å². The molecule has 4 nitrogen and oxygen atoms in total. The van der Waals surface area contributed by atoms with Gasteiger partial charge in [0.2, 0.25) is 11.8 Å². The van der Waals surface area contributed by atoms with Crippen LogP contribution in [0.25, 0.3) is 0 Å². The molecular weight excluding hydrogens is 452 g/mol. The lowest BCUT2D eigenvalue weighted by atomic mass is 9.49. The molecule has 5 heteroatoms. The SMILES string of the molecule is CCCN(CC(=O)N1CCc2sccc2C1c1ccc(C)cc1)C(=O)C12CC3CC(CC(C3)C1)C2. The number of amides is 2. The van der Waals surface area contributed by atoms with E-state index in [4.69, 9.17) is 0 Å². The van der Waals surface area contributed by atoms with Crippen molar-refractivity contribution >= 4 is 23.2 Å². The smallest absolute Gasteiger partial charge is 0.242 e. The van der Waals surface area contributed by atoms with Gasteiger partial charge < -0.3 is 9.80 Å². The van der Waals surface area contributed by atoms with Crippen LogP contribution in [0, 0.1) is 30.1 Å². The zero-order valence-corrected chi connectivity index (χ0v) is 22.0. The highest BCUT2D eigenvalue weighted by atomic mass is 32.1. The Morgan fingerprint density at radius 2 is 1.69 bits per heavy atom. The fourth-order valence-corrected chi connectivity index (χ4v) is 9.08. The van der Waals surface area contributed by atoms with Gasteiger partial charge in [0.1, 0.15) is 0 Å². The first-order chi connectivity index (χ1) is 17.0. The second kappa shape index (κ2) is 9.06. The monoisotopic (exact) mass is 490 g/mol. The van der Waals surface area contributed by atoms with Gasteiger partial charge in [0, 0.05) is 18.0 Å². The molecule has 5 aliphatic rings. The van der Waals surface area contributed by atoms with Gasteiger partial charge in [-0.1, -0.05) is 36.8 Å². The summed E-state index contributed by atoms with van der Waals surface area (Å²) in [5.74, 6) is 2.57. The molecular formula is C30H38N2O2S. The predicted molar refractivity (Wildman–Crippen MR) is 140 cm³/mol. The first-order valence-electron chi connectivity index (χ1n) is 13.7. The van der Waals surface area contributed by atoms with Crippen molar-refractivity contribution in [3.05, 3.63) is 57.3 Å². The molecule has 35 heavy (non-hydrogen) atoms. The van der Waals surface area contributed by atoms with Crippen LogP contribution in [0.5, 0.6) is 0 Å². The van der Waals surface area contributed by atoms with Gasteiger partial charge >= 0.3 is 0 Å². The Morgan fingerprint density at radius 1 is 1.03 bits per heavy atom. The van der Waals surface area contributed by atoms with Crippen molar-refractivity contribution in [2.24, 2.45) is 23.2 Å². The number of nitrogens with zero attached hydrogens (tertiary/aromatic N) is 2. The van der Waals surface area contributed by atoms with Crippen molar-refractivity contribution < 1.29 is 9.59 Å². The molecule has 0 radical (unpaired) electrons. The molecule has 1 atom stereocenters. The molecule has 186 valence electrons. The lowest BCUT2D eigenvalue weighted by Gasteiger charge is -2.56. The number of rotatable bonds is 6. The van der Waals surface area contributed by atoms with Crippen LogP contribution in [0.4, 0.5) is 0 Å². The Balaban J connectivity index is 1.25. The summed E-state index contributed by atoms with van der Waals surface area (Å²) < 4.78 is 0. The Bertz CT molecular complexity index is 1070. The van der Waals surface area contributed by atoms with E-state index < -0.39 is 0 Å². The van der Waals surface area contributed by atoms with Crippen molar-refractivity contribution in [1.29, 1.82) is 0 Å². The minimum Gasteiger partial charge on any atom is -0.333 e. The zero-order valence-electron chi connectivity index (χ0n) is 21.2. The minimum absolute atomic E-state index is 0.0590. The number of hydrogen-bond donors (Lipinski definition) is 0. The van der Waals surface area contributed by atoms with E-state index in [0.29, 0.717) is 6.54 Å². The Labute approximate surface area is 213 Å². The molecule has 4 bridgehead atoms. The number of carbonyl (C=O) groups excluding carboxylic acids is 2. The van der Waals surface area contributed by atoms with Crippen LogP contribution in [-0.4, -0.2) is 41.2 Å². The lowest BCUT2D eigenvalue weighted by Crippen LogP contribution is -2.56. The van der Waals surface area contributed by atoms with Crippen molar-refractivity contribution in [2.75, 3.05) is 19.6 Å². The fraction of sp³-hybridized carbons (Fsp3) is 0.600. The number of benzene rings is 1. The van der Waals surface area contributed by atoms with E-state index in [1.807, 2.05) is 4.90 Å². The quantitative estimate of drug-likeness (QED) is 0.499. The third-order valence-electron chi connectivity index (χ3n) is 9.28. The number of hydrogen-bond acceptors (Lipinski definition) is 3. The highest BCUT2D eigenvalue weighted by Gasteiger charge is 2.55. The summed E-state index contributed by atoms with van der Waals surface area (Å²) in [6.45, 7) is 5.84. The second-order valence-corrected chi connectivity index (χ2v) is 12.9. The lowest BCUT2D eigenvalue weighted by molar-refractivity contribution is -0.160. The summed E-state index contributed by atoms with van der Waals surface area (Å²) in [6, 6.07) is 10.7. The molecule has 0 spiro atoms. The summed E-state index contributed by atoms with van der Waals surface area (Å²) in [5.41, 5.74) is 3.46. The molecule has 2 amide bonds. The Hall–Kier alpha value is -2.14. The first-order valence-corrected chi connectivity index (χ1v) is 14.6. The van der Waals surface area contributed by atoms with E-state index in [0.717, 1.165) is 62.0 Å². The first kappa shape index (κ1) is 23.3. The standard InChI is InChI=1S/C30H38N2O2S/c1-3-10-31(29(34)30-16-21-13-22(17-30)15-23(14-21)18-30)19-27(33)32-11-8-26-25(9-12-35-26)28(32)24-6-4-20(2)5-7-24/h4-7,9,12,21-23,28H,3,8,10-11,13-19H2,1-2H3. The molecule has 1 aliphatic heterocycles. The maximum Gasteiger partial charge on any atom is 0.242 e. The van der Waals surface area contributed by atoms with Gasteiger partial charge in [-0.25, -0.2) is 0 Å². The van der Waals surface area contributed by atoms with Gasteiger partial charge in [-0.05, 0) is 98.6 Å². The van der Waals surface area contributed by atoms with E-state index in [1.54, 1.807) is 11.3 Å². The summed E-state index contributed by atoms with van der Waals surface area (Å²) in [7, 11) is 0. The molecule has 4 saturated carbocycles. The molecule has 4 fully saturated rings. The van der Waals surface area contributed by atoms with Crippen LogP contribution < -0.4 is 0 Å². The second-order valence-electron chi connectivity index (χ2n) is 11.9. The van der Waals surface area contributed by atoms with Gasteiger partial charge in [0.25, 0.3) is 0 Å². The number of fused-ring (bicyclic) bond motifs is 1. The topological polar surface area (TPSA) is 40.6 Å². The average Bonchev–Trinajstić information content (AvgIpc) is 3.31. The highest BCUT2D eigenvalue weighted by Crippen LogP contribution is 2.60. The maximum absolute atomic E-state index is 14.1. The highest BCUT2D eigenvalue weighted by molar-refractivity contribution is 7.10. The van der Waals surface area contributed by atoms with E-state index in [1.165, 1.54) is 35.3 Å². The fourth-order valence-electron chi connectivity index (χ4n) is 8.18. The molecule has 1 aromatic heterocycles. The van der Waals surface area contributed by atoms with Gasteiger partial charge in [-0.15, -0.1) is 11.3 Å². The van der Waals surface area contributed by atoms with Gasteiger partial charge in [-0.3, -0.25) is 9.59 Å². The third-order valence-corrected chi connectivity index (χ3v) is 10.3. The largest absolute Gasteiger partial charge is 0.333 e. The zero-order chi connectivity index (χ0) is 24.2. The van der Waals surface area contributed by atoms with E-state index in [9.17, 15) is 9.59 Å². The van der Waals surface area contributed by atoms with Gasteiger partial charge in [-0.2, -0.15) is 0 Å². The van der Waals surface area contributed by atoms with Crippen molar-refractivity contribution in [3.63, 3.8) is 0 Å². The van der Waals surface area contributed by atoms with Crippen LogP contribution in [0.3, 0.4) is 0 Å². The summed E-state index contributed by atoms with van der Waals surface area (Å²) >= 11 is 1.80. The molecule has 0 saturated heterocycles. The molecule has 2 heterocycles. The Kier molecular flexibility index (Phi) is 6.03. The van der Waals surface area contributed by atoms with E-state index >= 15 is 0 Å². The normalized spacial score (nSPS) is 30.9. The average molecular weight is 491 g/mol. The van der Waals surface area contributed by atoms with Crippen LogP contribution in [0.15, 0.2) is 35.7 Å². The number of aryl methyl sites for hydroxylation is 1. The van der Waals surface area contributed by atoms with Crippen molar-refractivity contribution in [1.82, 2.24) is 9.80 Å².